The predicted octanol–water partition coefficient (Wildman–Crippen LogP) is 10.1. The average molecular weight is 518 g/mol. The average Bonchev–Trinajstić information content (AvgIpc) is 3.46. The van der Waals surface area contributed by atoms with Crippen molar-refractivity contribution in [3.8, 4) is 33.4 Å². The summed E-state index contributed by atoms with van der Waals surface area (Å²) in [5.74, 6) is 0. The van der Waals surface area contributed by atoms with Gasteiger partial charge in [0.25, 0.3) is 0 Å². The first-order valence-corrected chi connectivity index (χ1v) is 13.7. The van der Waals surface area contributed by atoms with Gasteiger partial charge in [0.1, 0.15) is 0 Å². The quantitative estimate of drug-likeness (QED) is 0.246. The fraction of sp³-hybridized carbons (Fsp3) is 0.0270. The van der Waals surface area contributed by atoms with Gasteiger partial charge in [0.05, 0.1) is 16.1 Å². The molecule has 39 heavy (non-hydrogen) atoms. The molecule has 0 fully saturated rings. The molecule has 0 saturated heterocycles. The Balaban J connectivity index is 1.45. The van der Waals surface area contributed by atoms with Gasteiger partial charge in [-0.05, 0) is 74.3 Å². The molecule has 0 amide bonds. The molecule has 0 saturated carbocycles. The van der Waals surface area contributed by atoms with Gasteiger partial charge in [0.15, 0.2) is 0 Å². The number of para-hydroxylation sites is 1. The second-order valence-electron chi connectivity index (χ2n) is 10.3. The number of anilines is 2. The highest BCUT2D eigenvalue weighted by atomic mass is 35.5. The van der Waals surface area contributed by atoms with Crippen molar-refractivity contribution in [1.82, 2.24) is 0 Å². The first-order valence-electron chi connectivity index (χ1n) is 13.3. The molecule has 0 heterocycles. The molecule has 1 unspecified atom stereocenters. The molecule has 1 atom stereocenters. The molecule has 0 aliphatic heterocycles. The highest BCUT2D eigenvalue weighted by molar-refractivity contribution is 6.33. The second-order valence-corrected chi connectivity index (χ2v) is 10.7. The van der Waals surface area contributed by atoms with Crippen LogP contribution in [0.1, 0.15) is 22.3 Å². The van der Waals surface area contributed by atoms with Gasteiger partial charge in [0, 0.05) is 11.3 Å². The van der Waals surface area contributed by atoms with E-state index in [-0.39, 0.29) is 0 Å². The molecule has 8 rings (SSSR count). The molecular weight excluding hydrogens is 494 g/mol. The Kier molecular flexibility index (Phi) is 4.86. The minimum Gasteiger partial charge on any atom is -0.354 e. The lowest BCUT2D eigenvalue weighted by atomic mass is 9.70. The van der Waals surface area contributed by atoms with Crippen molar-refractivity contribution in [3.05, 3.63) is 167 Å². The summed E-state index contributed by atoms with van der Waals surface area (Å²) >= 11 is 6.59. The van der Waals surface area contributed by atoms with Gasteiger partial charge >= 0.3 is 0 Å². The zero-order valence-corrected chi connectivity index (χ0v) is 21.9. The van der Waals surface area contributed by atoms with Crippen LogP contribution >= 0.6 is 11.6 Å². The lowest BCUT2D eigenvalue weighted by Gasteiger charge is -2.31. The van der Waals surface area contributed by atoms with Gasteiger partial charge in [-0.15, -0.1) is 0 Å². The third-order valence-corrected chi connectivity index (χ3v) is 8.69. The number of hydrogen-bond acceptors (Lipinski definition) is 1. The van der Waals surface area contributed by atoms with Crippen LogP contribution in [0.3, 0.4) is 0 Å². The summed E-state index contributed by atoms with van der Waals surface area (Å²) < 4.78 is 0. The van der Waals surface area contributed by atoms with Crippen LogP contribution in [0.2, 0.25) is 5.02 Å². The number of rotatable bonds is 3. The van der Waals surface area contributed by atoms with Crippen LogP contribution in [0.5, 0.6) is 0 Å². The van der Waals surface area contributed by atoms with Crippen LogP contribution in [0, 0.1) is 0 Å². The monoisotopic (exact) mass is 517 g/mol. The van der Waals surface area contributed by atoms with E-state index in [1.165, 1.54) is 55.6 Å². The van der Waals surface area contributed by atoms with Gasteiger partial charge in [-0.25, -0.2) is 0 Å². The number of nitrogens with one attached hydrogen (secondary N) is 1. The fourth-order valence-corrected chi connectivity index (χ4v) is 6.99. The zero-order chi connectivity index (χ0) is 26.0. The maximum atomic E-state index is 6.59. The maximum absolute atomic E-state index is 6.59. The van der Waals surface area contributed by atoms with Crippen molar-refractivity contribution in [3.63, 3.8) is 0 Å². The Morgan fingerprint density at radius 1 is 0.436 bits per heavy atom. The number of fused-ring (bicyclic) bond motifs is 10. The van der Waals surface area contributed by atoms with Crippen LogP contribution in [0.15, 0.2) is 140 Å². The SMILES string of the molecule is Clc1ccccc1Nc1cccc2c1-c1ccccc1C21c2ccccc2-c2ccc(-c3ccccc3)cc21. The molecule has 1 spiro atoms. The van der Waals surface area contributed by atoms with Crippen LogP contribution in [0.25, 0.3) is 33.4 Å². The summed E-state index contributed by atoms with van der Waals surface area (Å²) in [6, 6.07) is 50.1. The van der Waals surface area contributed by atoms with Gasteiger partial charge in [-0.3, -0.25) is 0 Å². The van der Waals surface area contributed by atoms with E-state index < -0.39 is 5.41 Å². The van der Waals surface area contributed by atoms with E-state index in [1.54, 1.807) is 0 Å². The van der Waals surface area contributed by atoms with Gasteiger partial charge in [-0.1, -0.05) is 127 Å². The predicted molar refractivity (Wildman–Crippen MR) is 163 cm³/mol. The Hall–Kier alpha value is -4.59. The van der Waals surface area contributed by atoms with Crippen LogP contribution < -0.4 is 5.32 Å². The Labute approximate surface area is 233 Å². The lowest BCUT2D eigenvalue weighted by Crippen LogP contribution is -2.25. The van der Waals surface area contributed by atoms with Crippen molar-refractivity contribution < 1.29 is 0 Å². The molecule has 0 aromatic heterocycles. The zero-order valence-electron chi connectivity index (χ0n) is 21.2. The third kappa shape index (κ3) is 3.08. The molecular formula is C37H24ClN. The highest BCUT2D eigenvalue weighted by Gasteiger charge is 2.52. The largest absolute Gasteiger partial charge is 0.354 e. The third-order valence-electron chi connectivity index (χ3n) is 8.36. The Bertz CT molecular complexity index is 1910. The van der Waals surface area contributed by atoms with Crippen molar-refractivity contribution in [2.24, 2.45) is 0 Å². The smallest absolute Gasteiger partial charge is 0.0726 e. The van der Waals surface area contributed by atoms with E-state index >= 15 is 0 Å². The van der Waals surface area contributed by atoms with Gasteiger partial charge in [-0.2, -0.15) is 0 Å². The number of hydrogen-bond donors (Lipinski definition) is 1. The number of benzene rings is 6. The van der Waals surface area contributed by atoms with Crippen molar-refractivity contribution >= 4 is 23.0 Å². The second kappa shape index (κ2) is 8.46. The van der Waals surface area contributed by atoms with Gasteiger partial charge < -0.3 is 5.32 Å². The lowest BCUT2D eigenvalue weighted by molar-refractivity contribution is 0.794. The Morgan fingerprint density at radius 2 is 1.05 bits per heavy atom. The molecule has 6 aromatic carbocycles. The van der Waals surface area contributed by atoms with E-state index in [0.717, 1.165) is 11.4 Å². The van der Waals surface area contributed by atoms with Gasteiger partial charge in [0.2, 0.25) is 0 Å². The summed E-state index contributed by atoms with van der Waals surface area (Å²) in [4.78, 5) is 0. The topological polar surface area (TPSA) is 12.0 Å². The highest BCUT2D eigenvalue weighted by Crippen LogP contribution is 2.64. The summed E-state index contributed by atoms with van der Waals surface area (Å²) in [5.41, 5.74) is 14.4. The van der Waals surface area contributed by atoms with Crippen LogP contribution in [-0.4, -0.2) is 0 Å². The molecule has 184 valence electrons. The summed E-state index contributed by atoms with van der Waals surface area (Å²) in [6.45, 7) is 0. The van der Waals surface area contributed by atoms with Crippen LogP contribution in [0.4, 0.5) is 11.4 Å². The van der Waals surface area contributed by atoms with E-state index in [0.29, 0.717) is 5.02 Å². The fourth-order valence-electron chi connectivity index (χ4n) is 6.81. The number of halogens is 1. The minimum atomic E-state index is -0.402. The van der Waals surface area contributed by atoms with Crippen molar-refractivity contribution in [2.45, 2.75) is 5.41 Å². The van der Waals surface area contributed by atoms with E-state index in [2.05, 4.69) is 121 Å². The Morgan fingerprint density at radius 3 is 1.87 bits per heavy atom. The van der Waals surface area contributed by atoms with Crippen molar-refractivity contribution in [2.75, 3.05) is 5.32 Å². The van der Waals surface area contributed by atoms with E-state index in [9.17, 15) is 0 Å². The standard InChI is InChI=1S/C37H24ClN/c38-33-18-8-9-19-34(33)39-35-20-10-17-31-36(35)28-14-5-7-16-30(28)37(31)29-15-6-4-13-26(29)27-22-21-25(23-32(27)37)24-11-2-1-3-12-24/h1-23,39H. The maximum Gasteiger partial charge on any atom is 0.0726 e. The molecule has 0 radical (unpaired) electrons. The van der Waals surface area contributed by atoms with E-state index in [1.807, 2.05) is 24.3 Å². The van der Waals surface area contributed by atoms with Crippen LogP contribution in [-0.2, 0) is 5.41 Å². The summed E-state index contributed by atoms with van der Waals surface area (Å²) in [7, 11) is 0. The first-order chi connectivity index (χ1) is 19.3. The molecule has 2 aliphatic rings. The molecule has 6 aromatic rings. The summed E-state index contributed by atoms with van der Waals surface area (Å²) in [5, 5.41) is 4.38. The normalized spacial score (nSPS) is 15.9. The first kappa shape index (κ1) is 22.4. The summed E-state index contributed by atoms with van der Waals surface area (Å²) in [6.07, 6.45) is 0. The molecule has 1 nitrogen and oxygen atoms in total. The molecule has 0 bridgehead atoms. The van der Waals surface area contributed by atoms with Crippen molar-refractivity contribution in [1.29, 1.82) is 0 Å². The molecule has 2 heteroatoms. The molecule has 2 aliphatic carbocycles. The van der Waals surface area contributed by atoms with E-state index in [4.69, 9.17) is 11.6 Å². The molecule has 1 N–H and O–H groups in total. The minimum absolute atomic E-state index is 0.402.